The summed E-state index contributed by atoms with van der Waals surface area (Å²) in [5.74, 6) is -0.897. The van der Waals surface area contributed by atoms with Gasteiger partial charge >= 0.3 is 12.3 Å². The zero-order valence-electron chi connectivity index (χ0n) is 11.7. The molecule has 0 saturated carbocycles. The molecule has 1 aromatic carbocycles. The van der Waals surface area contributed by atoms with E-state index in [0.29, 0.717) is 10.9 Å². The van der Waals surface area contributed by atoms with E-state index in [1.54, 1.807) is 20.8 Å². The monoisotopic (exact) mass is 301 g/mol. The lowest BCUT2D eigenvalue weighted by atomic mass is 10.1. The van der Waals surface area contributed by atoms with Crippen LogP contribution in [0.25, 0.3) is 10.9 Å². The maximum atomic E-state index is 12.2. The Hall–Kier alpha value is -2.18. The zero-order chi connectivity index (χ0) is 15.8. The Morgan fingerprint density at radius 1 is 1.19 bits per heavy atom. The quantitative estimate of drug-likeness (QED) is 0.852. The molecule has 21 heavy (non-hydrogen) atoms. The number of hydrogen-bond acceptors (Lipinski definition) is 3. The average Bonchev–Trinajstić information content (AvgIpc) is 2.67. The molecule has 0 aliphatic carbocycles. The highest BCUT2D eigenvalue weighted by molar-refractivity contribution is 6.04. The lowest BCUT2D eigenvalue weighted by molar-refractivity contribution is -0.274. The molecule has 0 fully saturated rings. The van der Waals surface area contributed by atoms with Crippen LogP contribution in [-0.4, -0.2) is 22.9 Å². The lowest BCUT2D eigenvalue weighted by Gasteiger charge is -2.19. The molecule has 0 radical (unpaired) electrons. The molecule has 0 amide bonds. The molecular formula is C14H14F3NO3. The summed E-state index contributed by atoms with van der Waals surface area (Å²) >= 11 is 0. The van der Waals surface area contributed by atoms with Crippen LogP contribution in [0.3, 0.4) is 0 Å². The van der Waals surface area contributed by atoms with E-state index in [4.69, 9.17) is 4.74 Å². The van der Waals surface area contributed by atoms with Gasteiger partial charge in [-0.2, -0.15) is 0 Å². The van der Waals surface area contributed by atoms with Gasteiger partial charge in [0.2, 0.25) is 0 Å². The number of carbonyl (C=O) groups is 1. The smallest absolute Gasteiger partial charge is 0.456 e. The van der Waals surface area contributed by atoms with Crippen molar-refractivity contribution >= 4 is 16.9 Å². The molecule has 0 saturated heterocycles. The third-order valence-electron chi connectivity index (χ3n) is 2.51. The van der Waals surface area contributed by atoms with Crippen LogP contribution in [-0.2, 0) is 4.74 Å². The Morgan fingerprint density at radius 3 is 2.43 bits per heavy atom. The maximum Gasteiger partial charge on any atom is 0.573 e. The number of aromatic amines is 1. The predicted octanol–water partition coefficient (Wildman–Crippen LogP) is 4.02. The number of benzene rings is 1. The summed E-state index contributed by atoms with van der Waals surface area (Å²) in [6.07, 6.45) is -3.36. The van der Waals surface area contributed by atoms with Crippen molar-refractivity contribution in [3.8, 4) is 5.75 Å². The second kappa shape index (κ2) is 4.98. The molecule has 0 aliphatic rings. The fourth-order valence-electron chi connectivity index (χ4n) is 1.80. The first kappa shape index (κ1) is 15.2. The SMILES string of the molecule is CC(C)(C)OC(=O)c1c[nH]c2cc(OC(F)(F)F)ccc12. The highest BCUT2D eigenvalue weighted by Crippen LogP contribution is 2.28. The predicted molar refractivity (Wildman–Crippen MR) is 70.2 cm³/mol. The number of rotatable bonds is 2. The minimum atomic E-state index is -4.76. The molecule has 0 atom stereocenters. The van der Waals surface area contributed by atoms with Gasteiger partial charge in [0.15, 0.2) is 0 Å². The average molecular weight is 301 g/mol. The fourth-order valence-corrected chi connectivity index (χ4v) is 1.80. The molecule has 0 aliphatic heterocycles. The number of halogens is 3. The van der Waals surface area contributed by atoms with Crippen molar-refractivity contribution in [2.24, 2.45) is 0 Å². The molecule has 0 bridgehead atoms. The van der Waals surface area contributed by atoms with E-state index in [-0.39, 0.29) is 11.3 Å². The second-order valence-corrected chi connectivity index (χ2v) is 5.46. The summed E-state index contributed by atoms with van der Waals surface area (Å²) in [7, 11) is 0. The van der Waals surface area contributed by atoms with Crippen LogP contribution >= 0.6 is 0 Å². The van der Waals surface area contributed by atoms with Crippen molar-refractivity contribution in [2.45, 2.75) is 32.7 Å². The molecule has 2 aromatic rings. The van der Waals surface area contributed by atoms with Gasteiger partial charge in [-0.1, -0.05) is 0 Å². The Balaban J connectivity index is 2.31. The van der Waals surface area contributed by atoms with E-state index < -0.39 is 17.9 Å². The van der Waals surface area contributed by atoms with Gasteiger partial charge in [0.1, 0.15) is 11.4 Å². The summed E-state index contributed by atoms with van der Waals surface area (Å²) in [5.41, 5.74) is -0.0314. The van der Waals surface area contributed by atoms with Crippen LogP contribution in [0.5, 0.6) is 5.75 Å². The first-order valence-electron chi connectivity index (χ1n) is 6.15. The summed E-state index contributed by atoms with van der Waals surface area (Å²) in [5, 5.41) is 0.471. The van der Waals surface area contributed by atoms with Crippen LogP contribution in [0.4, 0.5) is 13.2 Å². The molecule has 4 nitrogen and oxygen atoms in total. The van der Waals surface area contributed by atoms with Crippen molar-refractivity contribution in [3.05, 3.63) is 30.0 Å². The van der Waals surface area contributed by atoms with Gasteiger partial charge in [0.25, 0.3) is 0 Å². The van der Waals surface area contributed by atoms with Gasteiger partial charge in [0, 0.05) is 23.2 Å². The molecule has 2 rings (SSSR count). The Labute approximate surface area is 118 Å². The second-order valence-electron chi connectivity index (χ2n) is 5.46. The number of carbonyl (C=O) groups excluding carboxylic acids is 1. The van der Waals surface area contributed by atoms with Gasteiger partial charge in [-0.15, -0.1) is 13.2 Å². The summed E-state index contributed by atoms with van der Waals surface area (Å²) < 4.78 is 45.5. The van der Waals surface area contributed by atoms with E-state index in [0.717, 1.165) is 6.07 Å². The molecule has 1 aromatic heterocycles. The number of esters is 1. The van der Waals surface area contributed by atoms with Crippen LogP contribution in [0.1, 0.15) is 31.1 Å². The molecule has 0 unspecified atom stereocenters. The molecule has 1 heterocycles. The molecule has 114 valence electrons. The fraction of sp³-hybridized carbons (Fsp3) is 0.357. The first-order chi connectivity index (χ1) is 9.55. The van der Waals surface area contributed by atoms with Crippen LogP contribution in [0, 0.1) is 0 Å². The topological polar surface area (TPSA) is 51.3 Å². The summed E-state index contributed by atoms with van der Waals surface area (Å²) in [6, 6.07) is 3.71. The molecule has 1 N–H and O–H groups in total. The minimum Gasteiger partial charge on any atom is -0.456 e. The number of ether oxygens (including phenoxy) is 2. The van der Waals surface area contributed by atoms with E-state index in [1.807, 2.05) is 0 Å². The van der Waals surface area contributed by atoms with Gasteiger partial charge in [-0.3, -0.25) is 0 Å². The number of nitrogens with one attached hydrogen (secondary N) is 1. The number of fused-ring (bicyclic) bond motifs is 1. The van der Waals surface area contributed by atoms with Crippen molar-refractivity contribution in [1.82, 2.24) is 4.98 Å². The van der Waals surface area contributed by atoms with E-state index >= 15 is 0 Å². The lowest BCUT2D eigenvalue weighted by Crippen LogP contribution is -2.23. The maximum absolute atomic E-state index is 12.2. The Morgan fingerprint density at radius 2 is 1.86 bits per heavy atom. The Bertz CT molecular complexity index is 668. The van der Waals surface area contributed by atoms with Crippen molar-refractivity contribution in [1.29, 1.82) is 0 Å². The number of H-pyrrole nitrogens is 1. The number of aromatic nitrogens is 1. The first-order valence-corrected chi connectivity index (χ1v) is 6.15. The van der Waals surface area contributed by atoms with Gasteiger partial charge < -0.3 is 14.5 Å². The molecule has 0 spiro atoms. The van der Waals surface area contributed by atoms with Crippen LogP contribution in [0.2, 0.25) is 0 Å². The number of hydrogen-bond donors (Lipinski definition) is 1. The minimum absolute atomic E-state index is 0.262. The van der Waals surface area contributed by atoms with E-state index in [2.05, 4.69) is 9.72 Å². The van der Waals surface area contributed by atoms with E-state index in [1.165, 1.54) is 18.3 Å². The van der Waals surface area contributed by atoms with Crippen molar-refractivity contribution in [3.63, 3.8) is 0 Å². The third-order valence-corrected chi connectivity index (χ3v) is 2.51. The summed E-state index contributed by atoms with van der Waals surface area (Å²) in [6.45, 7) is 5.19. The van der Waals surface area contributed by atoms with Gasteiger partial charge in [-0.25, -0.2) is 4.79 Å². The highest BCUT2D eigenvalue weighted by Gasteiger charge is 2.31. The van der Waals surface area contributed by atoms with Gasteiger partial charge in [-0.05, 0) is 32.9 Å². The Kier molecular flexibility index (Phi) is 3.61. The third kappa shape index (κ3) is 3.90. The molecule has 7 heteroatoms. The zero-order valence-corrected chi connectivity index (χ0v) is 11.7. The highest BCUT2D eigenvalue weighted by atomic mass is 19.4. The summed E-state index contributed by atoms with van der Waals surface area (Å²) in [4.78, 5) is 14.7. The van der Waals surface area contributed by atoms with Crippen molar-refractivity contribution < 1.29 is 27.4 Å². The van der Waals surface area contributed by atoms with E-state index in [9.17, 15) is 18.0 Å². The van der Waals surface area contributed by atoms with Gasteiger partial charge in [0.05, 0.1) is 5.56 Å². The van der Waals surface area contributed by atoms with Crippen molar-refractivity contribution in [2.75, 3.05) is 0 Å². The van der Waals surface area contributed by atoms with Crippen LogP contribution < -0.4 is 4.74 Å². The van der Waals surface area contributed by atoms with Crippen LogP contribution in [0.15, 0.2) is 24.4 Å². The standard InChI is InChI=1S/C14H14F3NO3/c1-13(2,3)21-12(19)10-7-18-11-6-8(4-5-9(10)11)20-14(15,16)17/h4-7,18H,1-3H3. The number of alkyl halides is 3. The molecular weight excluding hydrogens is 287 g/mol. The normalized spacial score (nSPS) is 12.5. The largest absolute Gasteiger partial charge is 0.573 e.